The Morgan fingerprint density at radius 2 is 2.09 bits per heavy atom. The van der Waals surface area contributed by atoms with Crippen molar-refractivity contribution in [2.75, 3.05) is 44.8 Å². The van der Waals surface area contributed by atoms with Gasteiger partial charge in [0.1, 0.15) is 5.65 Å². The van der Waals surface area contributed by atoms with Gasteiger partial charge in [-0.1, -0.05) is 19.6 Å². The summed E-state index contributed by atoms with van der Waals surface area (Å²) in [5.41, 5.74) is 3.73. The number of carbonyl (C=O) groups excluding carboxylic acids is 1. The predicted octanol–water partition coefficient (Wildman–Crippen LogP) is 3.93. The largest absolute Gasteiger partial charge is 0.385 e. The number of anilines is 1. The van der Waals surface area contributed by atoms with E-state index in [1.165, 1.54) is 24.9 Å². The molecule has 2 fully saturated rings. The highest BCUT2D eigenvalue weighted by Crippen LogP contribution is 2.41. The smallest absolute Gasteiger partial charge is 0.293 e. The Labute approximate surface area is 210 Å². The van der Waals surface area contributed by atoms with Crippen LogP contribution in [-0.2, 0) is 9.53 Å². The van der Waals surface area contributed by atoms with E-state index < -0.39 is 8.07 Å². The van der Waals surface area contributed by atoms with Crippen LogP contribution in [0.3, 0.4) is 0 Å². The van der Waals surface area contributed by atoms with Gasteiger partial charge in [-0.05, 0) is 44.1 Å². The van der Waals surface area contributed by atoms with Crippen molar-refractivity contribution in [1.29, 1.82) is 10.8 Å². The van der Waals surface area contributed by atoms with Gasteiger partial charge in [0, 0.05) is 87.3 Å². The molecule has 0 unspecified atom stereocenters. The summed E-state index contributed by atoms with van der Waals surface area (Å²) in [6.45, 7) is 11.8. The summed E-state index contributed by atoms with van der Waals surface area (Å²) in [7, 11) is 2.60. The third-order valence-corrected chi connectivity index (χ3v) is 8.39. The topological polar surface area (TPSA) is 109 Å². The fourth-order valence-corrected chi connectivity index (χ4v) is 5.74. The average molecular weight is 494 g/mol. The van der Waals surface area contributed by atoms with Crippen LogP contribution in [-0.4, -0.2) is 88.8 Å². The number of ether oxygens (including phenoxy) is 1. The molecule has 2 aliphatic rings. The van der Waals surface area contributed by atoms with Gasteiger partial charge in [0.15, 0.2) is 0 Å². The molecule has 0 amide bonds. The zero-order valence-corrected chi connectivity index (χ0v) is 22.4. The lowest BCUT2D eigenvalue weighted by atomic mass is 9.69. The lowest BCUT2D eigenvalue weighted by Crippen LogP contribution is -2.64. The Morgan fingerprint density at radius 3 is 2.69 bits per heavy atom. The van der Waals surface area contributed by atoms with Crippen LogP contribution >= 0.6 is 0 Å². The maximum Gasteiger partial charge on any atom is 0.293 e. The maximum atomic E-state index is 10.7. The van der Waals surface area contributed by atoms with Crippen LogP contribution in [0.15, 0.2) is 24.5 Å². The number of rotatable bonds is 9. The molecule has 35 heavy (non-hydrogen) atoms. The number of allylic oxidation sites excluding steroid dienone is 2. The van der Waals surface area contributed by atoms with Crippen LogP contribution < -0.4 is 4.90 Å². The molecule has 0 saturated carbocycles. The van der Waals surface area contributed by atoms with E-state index in [1.807, 2.05) is 18.5 Å². The van der Waals surface area contributed by atoms with Crippen LogP contribution in [0.1, 0.15) is 18.4 Å². The highest BCUT2D eigenvalue weighted by molar-refractivity contribution is 6.76. The first-order valence-corrected chi connectivity index (χ1v) is 15.9. The van der Waals surface area contributed by atoms with Crippen molar-refractivity contribution in [2.24, 2.45) is 5.41 Å². The zero-order valence-electron chi connectivity index (χ0n) is 21.4. The lowest BCUT2D eigenvalue weighted by molar-refractivity contribution is 0.0537. The first-order chi connectivity index (χ1) is 16.8. The molecule has 187 valence electrons. The monoisotopic (exact) mass is 493 g/mol. The van der Waals surface area contributed by atoms with Crippen molar-refractivity contribution >= 4 is 56.4 Å². The van der Waals surface area contributed by atoms with Gasteiger partial charge in [-0.2, -0.15) is 0 Å². The number of fused-ring (bicyclic) bond motifs is 1. The van der Waals surface area contributed by atoms with Gasteiger partial charge < -0.3 is 35.0 Å². The van der Waals surface area contributed by atoms with Crippen molar-refractivity contribution in [3.63, 3.8) is 0 Å². The van der Waals surface area contributed by atoms with Crippen LogP contribution in [0.4, 0.5) is 5.69 Å². The molecule has 0 aromatic carbocycles. The van der Waals surface area contributed by atoms with Gasteiger partial charge in [-0.15, -0.1) is 0 Å². The molecule has 10 heteroatoms. The summed E-state index contributed by atoms with van der Waals surface area (Å²) in [6.07, 6.45) is 11.0. The molecule has 4 rings (SSSR count). The number of aromatic amines is 1. The molecule has 2 aromatic heterocycles. The van der Waals surface area contributed by atoms with E-state index >= 15 is 0 Å². The number of piperidine rings is 1. The number of methoxy groups -OCH3 is 1. The van der Waals surface area contributed by atoms with Gasteiger partial charge >= 0.3 is 0 Å². The molecular formula is C25H38BN6O2Si. The highest BCUT2D eigenvalue weighted by Gasteiger charge is 2.45. The van der Waals surface area contributed by atoms with E-state index in [0.29, 0.717) is 5.57 Å². The van der Waals surface area contributed by atoms with Gasteiger partial charge in [-0.3, -0.25) is 0 Å². The number of nitrogens with one attached hydrogen (secondary N) is 3. The van der Waals surface area contributed by atoms with E-state index in [2.05, 4.69) is 39.3 Å². The number of H-pyrrole nitrogens is 1. The van der Waals surface area contributed by atoms with Gasteiger partial charge in [0.05, 0.1) is 6.19 Å². The normalized spacial score (nSPS) is 17.9. The maximum absolute atomic E-state index is 10.7. The van der Waals surface area contributed by atoms with Gasteiger partial charge in [0.2, 0.25) is 0 Å². The van der Waals surface area contributed by atoms with Crippen molar-refractivity contribution < 1.29 is 9.53 Å². The van der Waals surface area contributed by atoms with E-state index in [0.717, 1.165) is 67.7 Å². The van der Waals surface area contributed by atoms with Crippen LogP contribution in [0.25, 0.3) is 16.6 Å². The molecule has 3 N–H and O–H groups in total. The standard InChI is InChI=1S/C19H22BN6O.C6H16OSi/c21-5-2-14(8-22)15-9-24-18-17(15)16(3-6-23-18)25-7-1-4-19(10-25)11-26(12-19)20-13-27;1-7-5-6-8(2,3)4/h2-3,5-6,8-9,13,21-22H,1,4,7,10-12H2,(H,23,24);5-6H2,1-4H3/b14-2+,21-5?,22-8?;. The van der Waals surface area contributed by atoms with E-state index in [1.54, 1.807) is 20.6 Å². The summed E-state index contributed by atoms with van der Waals surface area (Å²) in [4.78, 5) is 22.9. The molecule has 0 aliphatic carbocycles. The van der Waals surface area contributed by atoms with Crippen LogP contribution in [0, 0.1) is 16.2 Å². The number of hydrogen-bond donors (Lipinski definition) is 3. The first kappa shape index (κ1) is 27.0. The minimum atomic E-state index is -0.803. The van der Waals surface area contributed by atoms with E-state index in [-0.39, 0.29) is 5.41 Å². The molecule has 1 radical (unpaired) electrons. The molecule has 1 spiro atoms. The highest BCUT2D eigenvalue weighted by atomic mass is 28.3. The third kappa shape index (κ3) is 6.77. The lowest BCUT2D eigenvalue weighted by Gasteiger charge is -2.55. The molecular weight excluding hydrogens is 455 g/mol. The molecule has 0 bridgehead atoms. The van der Waals surface area contributed by atoms with Crippen molar-refractivity contribution in [3.8, 4) is 0 Å². The number of nitrogens with zero attached hydrogens (tertiary/aromatic N) is 3. The van der Waals surface area contributed by atoms with Crippen molar-refractivity contribution in [2.45, 2.75) is 38.5 Å². The minimum Gasteiger partial charge on any atom is -0.385 e. The zero-order chi connectivity index (χ0) is 25.5. The second kappa shape index (κ2) is 11.9. The summed E-state index contributed by atoms with van der Waals surface area (Å²) in [6, 6.07) is 3.32. The Hall–Kier alpha value is -2.56. The number of aromatic nitrogens is 2. The summed E-state index contributed by atoms with van der Waals surface area (Å²) < 4.78 is 4.95. The Balaban J connectivity index is 0.000000371. The summed E-state index contributed by atoms with van der Waals surface area (Å²) in [5, 5.41) is 16.1. The Kier molecular flexibility index (Phi) is 9.21. The average Bonchev–Trinajstić information content (AvgIpc) is 3.25. The Bertz CT molecular complexity index is 1060. The van der Waals surface area contributed by atoms with Crippen molar-refractivity contribution in [3.05, 3.63) is 30.1 Å². The molecule has 2 saturated heterocycles. The second-order valence-corrected chi connectivity index (χ2v) is 16.3. The molecule has 2 aromatic rings. The van der Waals surface area contributed by atoms with Gasteiger partial charge in [-0.25, -0.2) is 4.98 Å². The quantitative estimate of drug-likeness (QED) is 0.279. The van der Waals surface area contributed by atoms with Crippen LogP contribution in [0.5, 0.6) is 0 Å². The molecule has 0 atom stereocenters. The van der Waals surface area contributed by atoms with Crippen LogP contribution in [0.2, 0.25) is 25.7 Å². The van der Waals surface area contributed by atoms with E-state index in [4.69, 9.17) is 15.6 Å². The number of pyridine rings is 1. The third-order valence-electron chi connectivity index (χ3n) is 6.69. The minimum absolute atomic E-state index is 0.235. The number of carbonyl (C=O) groups is 1. The second-order valence-electron chi connectivity index (χ2n) is 10.7. The molecule has 4 heterocycles. The fourth-order valence-electron chi connectivity index (χ4n) is 4.92. The summed E-state index contributed by atoms with van der Waals surface area (Å²) in [5.74, 6) is 0. The first-order valence-electron chi connectivity index (χ1n) is 12.2. The van der Waals surface area contributed by atoms with Gasteiger partial charge in [0.25, 0.3) is 7.41 Å². The summed E-state index contributed by atoms with van der Waals surface area (Å²) >= 11 is 0. The fraction of sp³-hybridized carbons (Fsp3) is 0.520. The molecule has 8 nitrogen and oxygen atoms in total. The number of hydrogen-bond acceptors (Lipinski definition) is 7. The SMILES string of the molecule is COCC[Si](C)(C)C.N=C/C=C(\C=N)c1c[nH]c2nccc(N3CCCC4(CN([B]C=O)C4)C3)c12. The molecule has 2 aliphatic heterocycles. The van der Waals surface area contributed by atoms with Crippen molar-refractivity contribution in [1.82, 2.24) is 14.8 Å². The van der Waals surface area contributed by atoms with E-state index in [9.17, 15) is 4.79 Å². The predicted molar refractivity (Wildman–Crippen MR) is 150 cm³/mol. The Morgan fingerprint density at radius 1 is 1.31 bits per heavy atom.